The molecule has 0 saturated carbocycles. The van der Waals surface area contributed by atoms with Gasteiger partial charge in [0.2, 0.25) is 5.88 Å². The molecule has 0 aliphatic carbocycles. The van der Waals surface area contributed by atoms with Crippen LogP contribution in [0.25, 0.3) is 10.9 Å². The van der Waals surface area contributed by atoms with Crippen molar-refractivity contribution in [2.45, 2.75) is 6.92 Å². The van der Waals surface area contributed by atoms with Crippen molar-refractivity contribution in [1.82, 2.24) is 9.97 Å². The average molecular weight is 343 g/mol. The maximum absolute atomic E-state index is 11.0. The second-order valence-electron chi connectivity index (χ2n) is 4.55. The van der Waals surface area contributed by atoms with Gasteiger partial charge in [-0.3, -0.25) is 4.79 Å². The quantitative estimate of drug-likeness (QED) is 0.665. The van der Waals surface area contributed by atoms with Crippen molar-refractivity contribution < 1.29 is 9.53 Å². The monoisotopic (exact) mass is 342 g/mol. The number of halogens is 1. The van der Waals surface area contributed by atoms with Gasteiger partial charge in [-0.15, -0.1) is 0 Å². The molecule has 0 bridgehead atoms. The molecule has 5 heteroatoms. The SMILES string of the molecule is Cc1cccc2c(Oc3ccc(Br)c(C=O)c3)ncnc12. The molecule has 0 atom stereocenters. The number of nitrogens with zero attached hydrogens (tertiary/aromatic N) is 2. The van der Waals surface area contributed by atoms with Gasteiger partial charge in [-0.25, -0.2) is 9.97 Å². The van der Waals surface area contributed by atoms with E-state index in [0.29, 0.717) is 17.2 Å². The average Bonchev–Trinajstić information content (AvgIpc) is 2.50. The first-order valence-corrected chi connectivity index (χ1v) is 7.11. The van der Waals surface area contributed by atoms with Crippen LogP contribution >= 0.6 is 15.9 Å². The predicted molar refractivity (Wildman–Crippen MR) is 83.9 cm³/mol. The van der Waals surface area contributed by atoms with Crippen LogP contribution in [0.2, 0.25) is 0 Å². The summed E-state index contributed by atoms with van der Waals surface area (Å²) in [4.78, 5) is 19.4. The lowest BCUT2D eigenvalue weighted by Crippen LogP contribution is -1.93. The molecule has 1 aromatic heterocycles. The number of carbonyl (C=O) groups is 1. The Morgan fingerprint density at radius 1 is 1.19 bits per heavy atom. The van der Waals surface area contributed by atoms with E-state index in [0.717, 1.165) is 27.2 Å². The molecule has 2 aromatic carbocycles. The van der Waals surface area contributed by atoms with Crippen LogP contribution in [0.15, 0.2) is 47.2 Å². The molecule has 104 valence electrons. The normalized spacial score (nSPS) is 10.6. The van der Waals surface area contributed by atoms with Gasteiger partial charge < -0.3 is 4.74 Å². The fourth-order valence-corrected chi connectivity index (χ4v) is 2.42. The van der Waals surface area contributed by atoms with Crippen LogP contribution in [0.4, 0.5) is 0 Å². The summed E-state index contributed by atoms with van der Waals surface area (Å²) in [5.41, 5.74) is 2.45. The fraction of sp³-hybridized carbons (Fsp3) is 0.0625. The van der Waals surface area contributed by atoms with Crippen LogP contribution in [-0.2, 0) is 0 Å². The zero-order valence-electron chi connectivity index (χ0n) is 11.2. The van der Waals surface area contributed by atoms with Gasteiger partial charge in [-0.1, -0.05) is 28.1 Å². The number of rotatable bonds is 3. The van der Waals surface area contributed by atoms with Crippen LogP contribution < -0.4 is 4.74 Å². The minimum Gasteiger partial charge on any atom is -0.438 e. The molecule has 0 aliphatic rings. The molecule has 0 aliphatic heterocycles. The van der Waals surface area contributed by atoms with E-state index < -0.39 is 0 Å². The summed E-state index contributed by atoms with van der Waals surface area (Å²) in [7, 11) is 0. The number of carbonyl (C=O) groups excluding carboxylic acids is 1. The minimum atomic E-state index is 0.475. The van der Waals surface area contributed by atoms with Crippen LogP contribution in [-0.4, -0.2) is 16.3 Å². The number of ether oxygens (including phenoxy) is 1. The lowest BCUT2D eigenvalue weighted by Gasteiger charge is -2.09. The summed E-state index contributed by atoms with van der Waals surface area (Å²) in [5, 5.41) is 0.841. The van der Waals surface area contributed by atoms with Crippen LogP contribution in [0.1, 0.15) is 15.9 Å². The molecular weight excluding hydrogens is 332 g/mol. The second-order valence-corrected chi connectivity index (χ2v) is 5.41. The van der Waals surface area contributed by atoms with Gasteiger partial charge in [0, 0.05) is 10.0 Å². The van der Waals surface area contributed by atoms with Gasteiger partial charge in [-0.2, -0.15) is 0 Å². The summed E-state index contributed by atoms with van der Waals surface area (Å²) in [5.74, 6) is 1.03. The van der Waals surface area contributed by atoms with Gasteiger partial charge in [-0.05, 0) is 36.8 Å². The van der Waals surface area contributed by atoms with Crippen LogP contribution in [0, 0.1) is 6.92 Å². The van der Waals surface area contributed by atoms with Crippen molar-refractivity contribution in [3.05, 3.63) is 58.3 Å². The highest BCUT2D eigenvalue weighted by Gasteiger charge is 2.09. The van der Waals surface area contributed by atoms with E-state index >= 15 is 0 Å². The number of aryl methyl sites for hydroxylation is 1. The lowest BCUT2D eigenvalue weighted by molar-refractivity contribution is 0.112. The molecule has 1 heterocycles. The van der Waals surface area contributed by atoms with Crippen molar-refractivity contribution in [3.63, 3.8) is 0 Å². The molecule has 0 amide bonds. The van der Waals surface area contributed by atoms with E-state index in [1.54, 1.807) is 18.2 Å². The Bertz CT molecular complexity index is 834. The smallest absolute Gasteiger partial charge is 0.230 e. The van der Waals surface area contributed by atoms with E-state index in [4.69, 9.17) is 4.74 Å². The summed E-state index contributed by atoms with van der Waals surface area (Å²) in [6.45, 7) is 1.99. The first kappa shape index (κ1) is 13.7. The van der Waals surface area contributed by atoms with E-state index in [9.17, 15) is 4.79 Å². The van der Waals surface area contributed by atoms with Crippen LogP contribution in [0.3, 0.4) is 0 Å². The van der Waals surface area contributed by atoms with Crippen molar-refractivity contribution >= 4 is 33.1 Å². The molecule has 0 N–H and O–H groups in total. The molecule has 0 unspecified atom stereocenters. The summed E-state index contributed by atoms with van der Waals surface area (Å²) >= 11 is 3.31. The highest BCUT2D eigenvalue weighted by Crippen LogP contribution is 2.29. The molecule has 4 nitrogen and oxygen atoms in total. The van der Waals surface area contributed by atoms with Gasteiger partial charge in [0.25, 0.3) is 0 Å². The third kappa shape index (κ3) is 2.64. The number of hydrogen-bond donors (Lipinski definition) is 0. The van der Waals surface area contributed by atoms with Gasteiger partial charge in [0.1, 0.15) is 12.1 Å². The zero-order chi connectivity index (χ0) is 14.8. The molecule has 0 spiro atoms. The molecule has 0 saturated heterocycles. The maximum Gasteiger partial charge on any atom is 0.230 e. The first-order valence-electron chi connectivity index (χ1n) is 6.32. The third-order valence-corrected chi connectivity index (χ3v) is 3.86. The standard InChI is InChI=1S/C16H11BrN2O2/c1-10-3-2-4-13-15(10)18-9-19-16(13)21-12-5-6-14(17)11(7-12)8-20/h2-9H,1H3. The highest BCUT2D eigenvalue weighted by atomic mass is 79.9. The Morgan fingerprint density at radius 2 is 2.05 bits per heavy atom. The molecule has 21 heavy (non-hydrogen) atoms. The number of hydrogen-bond acceptors (Lipinski definition) is 4. The Balaban J connectivity index is 2.06. The van der Waals surface area contributed by atoms with E-state index in [1.165, 1.54) is 6.33 Å². The summed E-state index contributed by atoms with van der Waals surface area (Å²) in [6.07, 6.45) is 2.25. The van der Waals surface area contributed by atoms with Crippen molar-refractivity contribution in [3.8, 4) is 11.6 Å². The zero-order valence-corrected chi connectivity index (χ0v) is 12.8. The Kier molecular flexibility index (Phi) is 3.66. The fourth-order valence-electron chi connectivity index (χ4n) is 2.08. The van der Waals surface area contributed by atoms with Gasteiger partial charge in [0.15, 0.2) is 6.29 Å². The van der Waals surface area contributed by atoms with Crippen molar-refractivity contribution in [2.24, 2.45) is 0 Å². The minimum absolute atomic E-state index is 0.475. The number of para-hydroxylation sites is 1. The molecular formula is C16H11BrN2O2. The second kappa shape index (κ2) is 5.61. The van der Waals surface area contributed by atoms with Gasteiger partial charge in [0.05, 0.1) is 10.9 Å². The van der Waals surface area contributed by atoms with Crippen molar-refractivity contribution in [2.75, 3.05) is 0 Å². The number of fused-ring (bicyclic) bond motifs is 1. The van der Waals surface area contributed by atoms with Gasteiger partial charge >= 0.3 is 0 Å². The highest BCUT2D eigenvalue weighted by molar-refractivity contribution is 9.10. The topological polar surface area (TPSA) is 52.1 Å². The van der Waals surface area contributed by atoms with E-state index in [1.807, 2.05) is 25.1 Å². The predicted octanol–water partition coefficient (Wildman–Crippen LogP) is 4.31. The Labute approximate surface area is 129 Å². The molecule has 0 radical (unpaired) electrons. The largest absolute Gasteiger partial charge is 0.438 e. The molecule has 3 rings (SSSR count). The van der Waals surface area contributed by atoms with Crippen LogP contribution in [0.5, 0.6) is 11.6 Å². The Morgan fingerprint density at radius 3 is 2.86 bits per heavy atom. The van der Waals surface area contributed by atoms with E-state index in [2.05, 4.69) is 25.9 Å². The summed E-state index contributed by atoms with van der Waals surface area (Å²) in [6, 6.07) is 11.1. The first-order chi connectivity index (χ1) is 10.2. The Hall–Kier alpha value is -2.27. The third-order valence-electron chi connectivity index (χ3n) is 3.14. The lowest BCUT2D eigenvalue weighted by atomic mass is 10.1. The number of benzene rings is 2. The van der Waals surface area contributed by atoms with Crippen molar-refractivity contribution in [1.29, 1.82) is 0 Å². The number of aldehydes is 1. The maximum atomic E-state index is 11.0. The van der Waals surface area contributed by atoms with E-state index in [-0.39, 0.29) is 0 Å². The molecule has 3 aromatic rings. The molecule has 0 fully saturated rings. The number of aromatic nitrogens is 2. The summed E-state index contributed by atoms with van der Waals surface area (Å²) < 4.78 is 6.54.